The average molecular weight is 461 g/mol. The summed E-state index contributed by atoms with van der Waals surface area (Å²) < 4.78 is 11.3. The van der Waals surface area contributed by atoms with Crippen molar-refractivity contribution < 1.29 is 9.05 Å². The third kappa shape index (κ3) is 3.69. The summed E-state index contributed by atoms with van der Waals surface area (Å²) in [6.07, 6.45) is 0. The van der Waals surface area contributed by atoms with Gasteiger partial charge in [-0.1, -0.05) is 0 Å². The van der Waals surface area contributed by atoms with Gasteiger partial charge in [-0.2, -0.15) is 10.1 Å². The molecular formula is C16H12IN7O2. The lowest BCUT2D eigenvalue weighted by atomic mass is 10.3. The minimum atomic E-state index is 0.265. The van der Waals surface area contributed by atoms with Gasteiger partial charge in [0.15, 0.2) is 5.82 Å². The SMILES string of the molecule is Cc1ccc(CN=Nc2nc3nonc3nc2Nc2ccc(I)cc2)o1. The first-order chi connectivity index (χ1) is 12.7. The summed E-state index contributed by atoms with van der Waals surface area (Å²) in [5.74, 6) is 2.24. The van der Waals surface area contributed by atoms with Crippen molar-refractivity contribution in [2.24, 2.45) is 10.2 Å². The van der Waals surface area contributed by atoms with Gasteiger partial charge in [0.2, 0.25) is 17.1 Å². The van der Waals surface area contributed by atoms with Crippen LogP contribution in [0.15, 0.2) is 55.7 Å². The van der Waals surface area contributed by atoms with E-state index in [-0.39, 0.29) is 11.5 Å². The molecule has 0 aliphatic heterocycles. The molecule has 0 fully saturated rings. The lowest BCUT2D eigenvalue weighted by Gasteiger charge is -2.06. The molecule has 130 valence electrons. The molecule has 4 rings (SSSR count). The molecule has 0 unspecified atom stereocenters. The van der Waals surface area contributed by atoms with Crippen molar-refractivity contribution in [2.45, 2.75) is 13.5 Å². The molecule has 9 nitrogen and oxygen atoms in total. The molecule has 0 bridgehead atoms. The Balaban J connectivity index is 1.63. The molecule has 3 heterocycles. The molecular weight excluding hydrogens is 449 g/mol. The predicted molar refractivity (Wildman–Crippen MR) is 102 cm³/mol. The van der Waals surface area contributed by atoms with E-state index in [2.05, 4.69) is 63.0 Å². The van der Waals surface area contributed by atoms with E-state index in [0.717, 1.165) is 20.8 Å². The van der Waals surface area contributed by atoms with E-state index in [1.807, 2.05) is 43.3 Å². The van der Waals surface area contributed by atoms with Crippen LogP contribution in [-0.4, -0.2) is 20.3 Å². The Hall–Kier alpha value is -2.89. The number of fused-ring (bicyclic) bond motifs is 1. The average Bonchev–Trinajstić information content (AvgIpc) is 3.25. The van der Waals surface area contributed by atoms with Gasteiger partial charge in [-0.3, -0.25) is 0 Å². The van der Waals surface area contributed by atoms with E-state index in [4.69, 9.17) is 4.42 Å². The number of hydrogen-bond donors (Lipinski definition) is 1. The smallest absolute Gasteiger partial charge is 0.245 e. The third-order valence-corrected chi connectivity index (χ3v) is 4.11. The molecule has 1 aromatic carbocycles. The summed E-state index contributed by atoms with van der Waals surface area (Å²) in [4.78, 5) is 8.66. The second-order valence-corrected chi connectivity index (χ2v) is 6.60. The van der Waals surface area contributed by atoms with E-state index in [0.29, 0.717) is 18.0 Å². The molecule has 0 atom stereocenters. The zero-order valence-electron chi connectivity index (χ0n) is 13.5. The lowest BCUT2D eigenvalue weighted by molar-refractivity contribution is 0.314. The van der Waals surface area contributed by atoms with Crippen LogP contribution in [0.3, 0.4) is 0 Å². The Morgan fingerprint density at radius 3 is 2.54 bits per heavy atom. The van der Waals surface area contributed by atoms with Gasteiger partial charge in [0.05, 0.1) is 0 Å². The third-order valence-electron chi connectivity index (χ3n) is 3.39. The van der Waals surface area contributed by atoms with Crippen LogP contribution in [0.25, 0.3) is 11.3 Å². The Labute approximate surface area is 161 Å². The summed E-state index contributed by atoms with van der Waals surface area (Å²) in [7, 11) is 0. The van der Waals surface area contributed by atoms with Crippen LogP contribution in [0.2, 0.25) is 0 Å². The highest BCUT2D eigenvalue weighted by Crippen LogP contribution is 2.26. The number of aryl methyl sites for hydroxylation is 1. The number of aromatic nitrogens is 4. The maximum absolute atomic E-state index is 5.47. The first-order valence-corrected chi connectivity index (χ1v) is 8.71. The highest BCUT2D eigenvalue weighted by molar-refractivity contribution is 14.1. The van der Waals surface area contributed by atoms with Gasteiger partial charge >= 0.3 is 0 Å². The van der Waals surface area contributed by atoms with Crippen LogP contribution in [0.4, 0.5) is 17.3 Å². The molecule has 26 heavy (non-hydrogen) atoms. The molecule has 4 aromatic rings. The summed E-state index contributed by atoms with van der Waals surface area (Å²) in [5.41, 5.74) is 1.40. The predicted octanol–water partition coefficient (Wildman–Crippen LogP) is 4.55. The molecule has 0 radical (unpaired) electrons. The molecule has 1 N–H and O–H groups in total. The van der Waals surface area contributed by atoms with E-state index in [9.17, 15) is 0 Å². The fraction of sp³-hybridized carbons (Fsp3) is 0.125. The number of halogens is 1. The molecule has 10 heteroatoms. The highest BCUT2D eigenvalue weighted by atomic mass is 127. The summed E-state index contributed by atoms with van der Waals surface area (Å²) in [5, 5.41) is 18.9. The number of anilines is 2. The van der Waals surface area contributed by atoms with Gasteiger partial charge in [0.1, 0.15) is 18.1 Å². The lowest BCUT2D eigenvalue weighted by Crippen LogP contribution is -1.97. The van der Waals surface area contributed by atoms with Crippen molar-refractivity contribution in [1.29, 1.82) is 0 Å². The van der Waals surface area contributed by atoms with Crippen LogP contribution >= 0.6 is 22.6 Å². The Morgan fingerprint density at radius 1 is 1.04 bits per heavy atom. The maximum Gasteiger partial charge on any atom is 0.245 e. The molecule has 0 spiro atoms. The van der Waals surface area contributed by atoms with Crippen LogP contribution in [0, 0.1) is 10.5 Å². The minimum Gasteiger partial charge on any atom is -0.464 e. The highest BCUT2D eigenvalue weighted by Gasteiger charge is 2.13. The molecule has 0 aliphatic rings. The van der Waals surface area contributed by atoms with Crippen molar-refractivity contribution in [1.82, 2.24) is 20.3 Å². The topological polar surface area (TPSA) is 115 Å². The summed E-state index contributed by atoms with van der Waals surface area (Å²) >= 11 is 2.24. The molecule has 0 saturated carbocycles. The molecule has 3 aromatic heterocycles. The minimum absolute atomic E-state index is 0.265. The van der Waals surface area contributed by atoms with E-state index in [1.165, 1.54) is 0 Å². The van der Waals surface area contributed by atoms with Crippen LogP contribution in [0.1, 0.15) is 11.5 Å². The number of nitrogens with one attached hydrogen (secondary N) is 1. The zero-order chi connectivity index (χ0) is 17.9. The fourth-order valence-electron chi connectivity index (χ4n) is 2.20. The second-order valence-electron chi connectivity index (χ2n) is 5.35. The fourth-order valence-corrected chi connectivity index (χ4v) is 2.55. The Kier molecular flexibility index (Phi) is 4.56. The number of benzene rings is 1. The maximum atomic E-state index is 5.47. The Bertz CT molecular complexity index is 1070. The van der Waals surface area contributed by atoms with Crippen molar-refractivity contribution in [3.05, 3.63) is 51.5 Å². The van der Waals surface area contributed by atoms with Crippen molar-refractivity contribution in [3.63, 3.8) is 0 Å². The largest absolute Gasteiger partial charge is 0.464 e. The van der Waals surface area contributed by atoms with E-state index in [1.54, 1.807) is 0 Å². The number of hydrogen-bond acceptors (Lipinski definition) is 9. The van der Waals surface area contributed by atoms with Crippen LogP contribution in [-0.2, 0) is 6.54 Å². The van der Waals surface area contributed by atoms with Gasteiger partial charge in [-0.15, -0.1) is 5.11 Å². The van der Waals surface area contributed by atoms with E-state index < -0.39 is 0 Å². The van der Waals surface area contributed by atoms with Crippen LogP contribution in [0.5, 0.6) is 0 Å². The summed E-state index contributed by atoms with van der Waals surface area (Å²) in [6.45, 7) is 2.17. The number of azo groups is 1. The molecule has 0 amide bonds. The summed E-state index contributed by atoms with van der Waals surface area (Å²) in [6, 6.07) is 11.6. The first kappa shape index (κ1) is 16.6. The van der Waals surface area contributed by atoms with Gasteiger partial charge in [0, 0.05) is 9.26 Å². The van der Waals surface area contributed by atoms with Crippen LogP contribution < -0.4 is 5.32 Å². The van der Waals surface area contributed by atoms with E-state index >= 15 is 0 Å². The second kappa shape index (κ2) is 7.15. The van der Waals surface area contributed by atoms with Crippen molar-refractivity contribution >= 4 is 51.2 Å². The van der Waals surface area contributed by atoms with Gasteiger partial charge in [0.25, 0.3) is 0 Å². The van der Waals surface area contributed by atoms with Crippen molar-refractivity contribution in [3.8, 4) is 0 Å². The number of nitrogens with zero attached hydrogens (tertiary/aromatic N) is 6. The molecule has 0 aliphatic carbocycles. The molecule has 0 saturated heterocycles. The zero-order valence-corrected chi connectivity index (χ0v) is 15.7. The normalized spacial score (nSPS) is 11.5. The Morgan fingerprint density at radius 2 is 1.81 bits per heavy atom. The standard InChI is InChI=1S/C16H12IN7O2/c1-9-2-7-12(25-9)8-18-22-14-13(19-11-5-3-10(17)4-6-11)20-15-16(21-14)24-26-23-15/h2-7H,8H2,1H3,(H,19,20,23). The number of rotatable bonds is 5. The van der Waals surface area contributed by atoms with Gasteiger partial charge in [-0.05, 0) is 76.2 Å². The quantitative estimate of drug-likeness (QED) is 0.343. The number of furan rings is 1. The van der Waals surface area contributed by atoms with Gasteiger partial charge < -0.3 is 9.73 Å². The first-order valence-electron chi connectivity index (χ1n) is 7.63. The van der Waals surface area contributed by atoms with Gasteiger partial charge in [-0.25, -0.2) is 9.61 Å². The monoisotopic (exact) mass is 461 g/mol. The van der Waals surface area contributed by atoms with Crippen molar-refractivity contribution in [2.75, 3.05) is 5.32 Å².